The van der Waals surface area contributed by atoms with E-state index in [0.717, 1.165) is 18.3 Å². The fourth-order valence-corrected chi connectivity index (χ4v) is 3.71. The van der Waals surface area contributed by atoms with Gasteiger partial charge in [0, 0.05) is 22.9 Å². The van der Waals surface area contributed by atoms with E-state index < -0.39 is 6.10 Å². The maximum atomic E-state index is 12.5. The van der Waals surface area contributed by atoms with E-state index in [1.807, 2.05) is 17.0 Å². The molecule has 2 rings (SSSR count). The number of hydrogen-bond acceptors (Lipinski definition) is 2. The summed E-state index contributed by atoms with van der Waals surface area (Å²) in [6.07, 6.45) is 0.548. The predicted molar refractivity (Wildman–Crippen MR) is 84.6 cm³/mol. The molecule has 1 aromatic rings. The van der Waals surface area contributed by atoms with Crippen LogP contribution in [-0.4, -0.2) is 34.8 Å². The molecule has 1 fully saturated rings. The fraction of sp³-hybridized carbons (Fsp3) is 0.533. The number of nitrogens with zero attached hydrogens (tertiary/aromatic N) is 1. The lowest BCUT2D eigenvalue weighted by Gasteiger charge is -2.28. The SMILES string of the molecule is CC(Oc1cccc(Cl)c1)C(=O)N1CCC(C)C1CBr. The smallest absolute Gasteiger partial charge is 0.263 e. The third kappa shape index (κ3) is 3.47. The lowest BCUT2D eigenvalue weighted by molar-refractivity contribution is -0.138. The third-order valence-corrected chi connectivity index (χ3v) is 4.68. The van der Waals surface area contributed by atoms with E-state index in [1.165, 1.54) is 0 Å². The van der Waals surface area contributed by atoms with E-state index >= 15 is 0 Å². The zero-order valence-electron chi connectivity index (χ0n) is 11.7. The number of ether oxygens (including phenoxy) is 1. The van der Waals surface area contributed by atoms with Crippen molar-refractivity contribution in [1.29, 1.82) is 0 Å². The first kappa shape index (κ1) is 15.6. The van der Waals surface area contributed by atoms with Gasteiger partial charge in [-0.15, -0.1) is 0 Å². The van der Waals surface area contributed by atoms with Gasteiger partial charge in [-0.3, -0.25) is 4.79 Å². The molecule has 0 N–H and O–H groups in total. The van der Waals surface area contributed by atoms with Crippen LogP contribution in [0.2, 0.25) is 5.02 Å². The van der Waals surface area contributed by atoms with Gasteiger partial charge in [0.15, 0.2) is 6.10 Å². The number of halogens is 2. The van der Waals surface area contributed by atoms with Crippen molar-refractivity contribution >= 4 is 33.4 Å². The minimum Gasteiger partial charge on any atom is -0.481 e. The van der Waals surface area contributed by atoms with E-state index in [-0.39, 0.29) is 11.9 Å². The molecular formula is C15H19BrClNO2. The van der Waals surface area contributed by atoms with Crippen molar-refractivity contribution in [3.63, 3.8) is 0 Å². The minimum atomic E-state index is -0.500. The molecule has 0 bridgehead atoms. The summed E-state index contributed by atoms with van der Waals surface area (Å²) in [5.41, 5.74) is 0. The molecule has 1 aromatic carbocycles. The van der Waals surface area contributed by atoms with Crippen molar-refractivity contribution in [3.05, 3.63) is 29.3 Å². The molecule has 0 spiro atoms. The Balaban J connectivity index is 2.02. The van der Waals surface area contributed by atoms with Crippen LogP contribution in [0.3, 0.4) is 0 Å². The van der Waals surface area contributed by atoms with Gasteiger partial charge in [0.1, 0.15) is 5.75 Å². The molecule has 1 aliphatic heterocycles. The molecule has 3 nitrogen and oxygen atoms in total. The molecule has 0 aliphatic carbocycles. The average molecular weight is 361 g/mol. The number of carbonyl (C=O) groups is 1. The van der Waals surface area contributed by atoms with Gasteiger partial charge in [-0.1, -0.05) is 40.5 Å². The zero-order valence-corrected chi connectivity index (χ0v) is 14.0. The third-order valence-electron chi connectivity index (χ3n) is 3.78. The van der Waals surface area contributed by atoms with Gasteiger partial charge in [-0.25, -0.2) is 0 Å². The van der Waals surface area contributed by atoms with E-state index in [1.54, 1.807) is 19.1 Å². The van der Waals surface area contributed by atoms with Crippen LogP contribution < -0.4 is 4.74 Å². The Morgan fingerprint density at radius 2 is 2.35 bits per heavy atom. The Kier molecular flexibility index (Phi) is 5.33. The van der Waals surface area contributed by atoms with Gasteiger partial charge in [0.05, 0.1) is 0 Å². The lowest BCUT2D eigenvalue weighted by Crippen LogP contribution is -2.45. The molecule has 5 heteroatoms. The number of rotatable bonds is 4. The molecule has 1 saturated heterocycles. The van der Waals surface area contributed by atoms with Crippen molar-refractivity contribution in [2.24, 2.45) is 5.92 Å². The lowest BCUT2D eigenvalue weighted by atomic mass is 10.1. The van der Waals surface area contributed by atoms with E-state index in [9.17, 15) is 4.79 Å². The molecule has 3 atom stereocenters. The summed E-state index contributed by atoms with van der Waals surface area (Å²) in [5.74, 6) is 1.19. The van der Waals surface area contributed by atoms with Crippen LogP contribution in [0.25, 0.3) is 0 Å². The summed E-state index contributed by atoms with van der Waals surface area (Å²) in [4.78, 5) is 14.4. The van der Waals surface area contributed by atoms with Crippen LogP contribution >= 0.6 is 27.5 Å². The Morgan fingerprint density at radius 1 is 1.60 bits per heavy atom. The first-order valence-electron chi connectivity index (χ1n) is 6.81. The Hall–Kier alpha value is -0.740. The number of benzene rings is 1. The molecular weight excluding hydrogens is 342 g/mol. The molecule has 0 aromatic heterocycles. The van der Waals surface area contributed by atoms with Crippen LogP contribution in [0.5, 0.6) is 5.75 Å². The normalized spacial score (nSPS) is 23.7. The van der Waals surface area contributed by atoms with Crippen LogP contribution in [-0.2, 0) is 4.79 Å². The maximum Gasteiger partial charge on any atom is 0.263 e. The number of likely N-dealkylation sites (tertiary alicyclic amines) is 1. The van der Waals surface area contributed by atoms with Gasteiger partial charge in [-0.05, 0) is 37.5 Å². The van der Waals surface area contributed by atoms with Crippen LogP contribution in [0.4, 0.5) is 0 Å². The first-order chi connectivity index (χ1) is 9.52. The zero-order chi connectivity index (χ0) is 14.7. The van der Waals surface area contributed by atoms with Crippen molar-refractivity contribution in [2.75, 3.05) is 11.9 Å². The van der Waals surface area contributed by atoms with Gasteiger partial charge < -0.3 is 9.64 Å². The Morgan fingerprint density at radius 3 is 3.00 bits per heavy atom. The van der Waals surface area contributed by atoms with Crippen LogP contribution in [0, 0.1) is 5.92 Å². The molecule has 3 unspecified atom stereocenters. The van der Waals surface area contributed by atoms with Crippen LogP contribution in [0.15, 0.2) is 24.3 Å². The van der Waals surface area contributed by atoms with Crippen LogP contribution in [0.1, 0.15) is 20.3 Å². The van der Waals surface area contributed by atoms with E-state index in [2.05, 4.69) is 22.9 Å². The highest BCUT2D eigenvalue weighted by Crippen LogP contribution is 2.27. The summed E-state index contributed by atoms with van der Waals surface area (Å²) in [5, 5.41) is 1.42. The average Bonchev–Trinajstić information content (AvgIpc) is 2.78. The molecule has 1 heterocycles. The highest BCUT2D eigenvalue weighted by atomic mass is 79.9. The topological polar surface area (TPSA) is 29.5 Å². The number of amides is 1. The largest absolute Gasteiger partial charge is 0.481 e. The summed E-state index contributed by atoms with van der Waals surface area (Å²) in [6, 6.07) is 7.38. The maximum absolute atomic E-state index is 12.5. The number of alkyl halides is 1. The summed E-state index contributed by atoms with van der Waals surface area (Å²) >= 11 is 9.42. The van der Waals surface area contributed by atoms with Gasteiger partial charge in [-0.2, -0.15) is 0 Å². The van der Waals surface area contributed by atoms with Gasteiger partial charge >= 0.3 is 0 Å². The standard InChI is InChI=1S/C15H19BrClNO2/c1-10-6-7-18(14(10)9-16)15(19)11(2)20-13-5-3-4-12(17)8-13/h3-5,8,10-11,14H,6-7,9H2,1-2H3. The molecule has 0 radical (unpaired) electrons. The molecule has 0 saturated carbocycles. The quantitative estimate of drug-likeness (QED) is 0.766. The Labute approximate surface area is 133 Å². The second kappa shape index (κ2) is 6.81. The van der Waals surface area contributed by atoms with E-state index in [0.29, 0.717) is 16.7 Å². The molecule has 110 valence electrons. The second-order valence-corrected chi connectivity index (χ2v) is 6.32. The number of hydrogen-bond donors (Lipinski definition) is 0. The van der Waals surface area contributed by atoms with E-state index in [4.69, 9.17) is 16.3 Å². The summed E-state index contributed by atoms with van der Waals surface area (Å²) < 4.78 is 5.71. The molecule has 1 aliphatic rings. The minimum absolute atomic E-state index is 0.0405. The summed E-state index contributed by atoms with van der Waals surface area (Å²) in [6.45, 7) is 4.78. The fourth-order valence-electron chi connectivity index (χ4n) is 2.55. The van der Waals surface area contributed by atoms with Crippen molar-refractivity contribution in [3.8, 4) is 5.75 Å². The second-order valence-electron chi connectivity index (χ2n) is 5.24. The predicted octanol–water partition coefficient (Wildman–Crippen LogP) is 3.74. The highest BCUT2D eigenvalue weighted by molar-refractivity contribution is 9.09. The first-order valence-corrected chi connectivity index (χ1v) is 8.31. The highest BCUT2D eigenvalue weighted by Gasteiger charge is 2.36. The number of carbonyl (C=O) groups excluding carboxylic acids is 1. The van der Waals surface area contributed by atoms with Gasteiger partial charge in [0.25, 0.3) is 5.91 Å². The van der Waals surface area contributed by atoms with Crippen molar-refractivity contribution in [2.45, 2.75) is 32.4 Å². The Bertz CT molecular complexity index is 483. The monoisotopic (exact) mass is 359 g/mol. The van der Waals surface area contributed by atoms with Crippen molar-refractivity contribution in [1.82, 2.24) is 4.90 Å². The van der Waals surface area contributed by atoms with Crippen molar-refractivity contribution < 1.29 is 9.53 Å². The molecule has 20 heavy (non-hydrogen) atoms. The van der Waals surface area contributed by atoms with Gasteiger partial charge in [0.2, 0.25) is 0 Å². The molecule has 1 amide bonds. The summed E-state index contributed by atoms with van der Waals surface area (Å²) in [7, 11) is 0.